The maximum Gasteiger partial charge on any atom is 0.124 e. The topological polar surface area (TPSA) is 27.7 Å². The largest absolute Gasteiger partial charge is 0.494 e. The third kappa shape index (κ3) is 4.40. The van der Waals surface area contributed by atoms with Crippen molar-refractivity contribution in [2.45, 2.75) is 13.0 Å². The molecule has 1 aliphatic heterocycles. The van der Waals surface area contributed by atoms with Crippen LogP contribution in [0.4, 0.5) is 5.69 Å². The summed E-state index contributed by atoms with van der Waals surface area (Å²) in [7, 11) is 4.15. The Kier molecular flexibility index (Phi) is 6.57. The second kappa shape index (κ2) is 8.89. The second-order valence-electron chi connectivity index (χ2n) is 6.79. The molecule has 2 aromatic carbocycles. The van der Waals surface area contributed by atoms with E-state index in [9.17, 15) is 0 Å². The highest BCUT2D eigenvalue weighted by molar-refractivity contribution is 9.10. The predicted octanol–water partition coefficient (Wildman–Crippen LogP) is 3.91. The summed E-state index contributed by atoms with van der Waals surface area (Å²) in [5.74, 6) is 0.968. The molecule has 0 spiro atoms. The van der Waals surface area contributed by atoms with E-state index >= 15 is 0 Å². The summed E-state index contributed by atoms with van der Waals surface area (Å²) in [6.07, 6.45) is 0. The van der Waals surface area contributed by atoms with Gasteiger partial charge in [0.2, 0.25) is 0 Å². The van der Waals surface area contributed by atoms with Crippen molar-refractivity contribution in [2.75, 3.05) is 51.8 Å². The normalized spacial score (nSPS) is 16.3. The summed E-state index contributed by atoms with van der Waals surface area (Å²) in [4.78, 5) is 4.68. The van der Waals surface area contributed by atoms with Gasteiger partial charge >= 0.3 is 0 Å². The molecule has 0 aromatic heterocycles. The lowest BCUT2D eigenvalue weighted by Crippen LogP contribution is -2.45. The van der Waals surface area contributed by atoms with Crippen molar-refractivity contribution in [3.8, 4) is 5.75 Å². The Morgan fingerprint density at radius 2 is 1.81 bits per heavy atom. The molecule has 5 heteroatoms. The summed E-state index contributed by atoms with van der Waals surface area (Å²) in [6, 6.07) is 15.4. The minimum absolute atomic E-state index is 0.187. The first-order valence-electron chi connectivity index (χ1n) is 9.24. The van der Waals surface area contributed by atoms with E-state index in [1.54, 1.807) is 0 Å². The van der Waals surface area contributed by atoms with Crippen LogP contribution in [0.5, 0.6) is 5.75 Å². The zero-order valence-electron chi connectivity index (χ0n) is 15.8. The van der Waals surface area contributed by atoms with Gasteiger partial charge in [0.05, 0.1) is 12.6 Å². The van der Waals surface area contributed by atoms with Gasteiger partial charge in [0.1, 0.15) is 5.75 Å². The maximum absolute atomic E-state index is 5.98. The fourth-order valence-corrected chi connectivity index (χ4v) is 3.88. The predicted molar refractivity (Wildman–Crippen MR) is 112 cm³/mol. The summed E-state index contributed by atoms with van der Waals surface area (Å²) < 4.78 is 7.06. The summed E-state index contributed by atoms with van der Waals surface area (Å²) in [5, 5.41) is 3.46. The highest BCUT2D eigenvalue weighted by Crippen LogP contribution is 2.37. The number of piperazine rings is 1. The molecule has 1 unspecified atom stereocenters. The number of halogens is 1. The Morgan fingerprint density at radius 3 is 2.42 bits per heavy atom. The minimum atomic E-state index is 0.187. The molecule has 1 N–H and O–H groups in total. The molecule has 1 fully saturated rings. The maximum atomic E-state index is 5.98. The Balaban J connectivity index is 2.05. The Morgan fingerprint density at radius 1 is 1.12 bits per heavy atom. The van der Waals surface area contributed by atoms with Gasteiger partial charge in [-0.2, -0.15) is 0 Å². The quantitative estimate of drug-likeness (QED) is 0.770. The van der Waals surface area contributed by atoms with Crippen molar-refractivity contribution in [2.24, 2.45) is 0 Å². The van der Waals surface area contributed by atoms with Crippen LogP contribution < -0.4 is 15.0 Å². The van der Waals surface area contributed by atoms with Gasteiger partial charge in [-0.1, -0.05) is 28.1 Å². The number of ether oxygens (including phenoxy) is 1. The zero-order valence-corrected chi connectivity index (χ0v) is 17.4. The molecule has 4 nitrogen and oxygen atoms in total. The van der Waals surface area contributed by atoms with Gasteiger partial charge in [0.25, 0.3) is 0 Å². The van der Waals surface area contributed by atoms with Crippen LogP contribution in [0.1, 0.15) is 24.1 Å². The monoisotopic (exact) mass is 417 g/mol. The molecule has 0 bridgehead atoms. The summed E-state index contributed by atoms with van der Waals surface area (Å²) in [5.41, 5.74) is 3.74. The van der Waals surface area contributed by atoms with Gasteiger partial charge in [-0.3, -0.25) is 4.90 Å². The van der Waals surface area contributed by atoms with E-state index in [0.29, 0.717) is 6.61 Å². The number of nitrogens with zero attached hydrogens (tertiary/aromatic N) is 2. The Bertz CT molecular complexity index is 712. The van der Waals surface area contributed by atoms with Crippen LogP contribution in [-0.2, 0) is 0 Å². The lowest BCUT2D eigenvalue weighted by Gasteiger charge is -2.36. The third-order valence-electron chi connectivity index (χ3n) is 4.81. The van der Waals surface area contributed by atoms with Crippen LogP contribution in [0.15, 0.2) is 46.9 Å². The molecule has 0 amide bonds. The van der Waals surface area contributed by atoms with E-state index in [2.05, 4.69) is 87.6 Å². The highest BCUT2D eigenvalue weighted by atomic mass is 79.9. The molecule has 2 aromatic rings. The fraction of sp³-hybridized carbons (Fsp3) is 0.429. The van der Waals surface area contributed by atoms with Crippen LogP contribution in [0.3, 0.4) is 0 Å². The van der Waals surface area contributed by atoms with E-state index in [1.807, 2.05) is 6.92 Å². The third-order valence-corrected chi connectivity index (χ3v) is 5.30. The smallest absolute Gasteiger partial charge is 0.124 e. The molecule has 1 aliphatic rings. The molecule has 0 aliphatic carbocycles. The lowest BCUT2D eigenvalue weighted by atomic mass is 9.95. The second-order valence-corrected chi connectivity index (χ2v) is 7.71. The van der Waals surface area contributed by atoms with Crippen LogP contribution in [0.2, 0.25) is 0 Å². The average Bonchev–Trinajstić information content (AvgIpc) is 2.65. The molecule has 1 saturated heterocycles. The SMILES string of the molecule is CCOc1ccc(Br)cc1C(c1ccc(N(C)C)cc1)N1CCNCC1. The van der Waals surface area contributed by atoms with Crippen molar-refractivity contribution in [1.82, 2.24) is 10.2 Å². The van der Waals surface area contributed by atoms with Gasteiger partial charge in [0, 0.05) is 56.0 Å². The first-order valence-corrected chi connectivity index (χ1v) is 10.0. The van der Waals surface area contributed by atoms with Crippen LogP contribution in [0.25, 0.3) is 0 Å². The first kappa shape index (κ1) is 19.2. The number of benzene rings is 2. The molecule has 1 heterocycles. The van der Waals surface area contributed by atoms with Gasteiger partial charge in [-0.15, -0.1) is 0 Å². The van der Waals surface area contributed by atoms with Gasteiger partial charge in [0.15, 0.2) is 0 Å². The van der Waals surface area contributed by atoms with Crippen LogP contribution in [0, 0.1) is 0 Å². The van der Waals surface area contributed by atoms with Crippen molar-refractivity contribution >= 4 is 21.6 Å². The highest BCUT2D eigenvalue weighted by Gasteiger charge is 2.27. The average molecular weight is 418 g/mol. The molecular formula is C21H28BrN3O. The first-order chi connectivity index (χ1) is 12.6. The zero-order chi connectivity index (χ0) is 18.5. The molecule has 26 heavy (non-hydrogen) atoms. The molecule has 1 atom stereocenters. The van der Waals surface area contributed by atoms with Crippen LogP contribution in [-0.4, -0.2) is 51.8 Å². The van der Waals surface area contributed by atoms with E-state index in [-0.39, 0.29) is 6.04 Å². The minimum Gasteiger partial charge on any atom is -0.494 e. The van der Waals surface area contributed by atoms with Gasteiger partial charge in [-0.25, -0.2) is 0 Å². The van der Waals surface area contributed by atoms with Crippen molar-refractivity contribution in [3.05, 3.63) is 58.1 Å². The Hall–Kier alpha value is -1.56. The summed E-state index contributed by atoms with van der Waals surface area (Å²) in [6.45, 7) is 6.80. The van der Waals surface area contributed by atoms with E-state index in [1.165, 1.54) is 16.8 Å². The van der Waals surface area contributed by atoms with Crippen molar-refractivity contribution in [3.63, 3.8) is 0 Å². The molecule has 3 rings (SSSR count). The number of hydrogen-bond donors (Lipinski definition) is 1. The van der Waals surface area contributed by atoms with Gasteiger partial charge in [-0.05, 0) is 42.8 Å². The van der Waals surface area contributed by atoms with Gasteiger partial charge < -0.3 is 15.0 Å². The lowest BCUT2D eigenvalue weighted by molar-refractivity contribution is 0.194. The van der Waals surface area contributed by atoms with E-state index < -0.39 is 0 Å². The summed E-state index contributed by atoms with van der Waals surface area (Å²) >= 11 is 3.65. The number of rotatable bonds is 6. The van der Waals surface area contributed by atoms with Crippen LogP contribution >= 0.6 is 15.9 Å². The molecule has 0 radical (unpaired) electrons. The number of anilines is 1. The molecule has 0 saturated carbocycles. The van der Waals surface area contributed by atoms with Crippen molar-refractivity contribution < 1.29 is 4.74 Å². The number of nitrogens with one attached hydrogen (secondary N) is 1. The molecule has 140 valence electrons. The van der Waals surface area contributed by atoms with Crippen molar-refractivity contribution in [1.29, 1.82) is 0 Å². The van der Waals surface area contributed by atoms with E-state index in [0.717, 1.165) is 36.4 Å². The molecular weight excluding hydrogens is 390 g/mol. The fourth-order valence-electron chi connectivity index (χ4n) is 3.50. The Labute approximate surface area is 165 Å². The van der Waals surface area contributed by atoms with E-state index in [4.69, 9.17) is 4.74 Å². The number of hydrogen-bond acceptors (Lipinski definition) is 4. The standard InChI is InChI=1S/C21H28BrN3O/c1-4-26-20-10-7-17(22)15-19(20)21(25-13-11-23-12-14-25)16-5-8-18(9-6-16)24(2)3/h5-10,15,21,23H,4,11-14H2,1-3H3.